The van der Waals surface area contributed by atoms with Gasteiger partial charge in [-0.15, -0.1) is 0 Å². The lowest BCUT2D eigenvalue weighted by molar-refractivity contribution is 0.112. The summed E-state index contributed by atoms with van der Waals surface area (Å²) in [5, 5.41) is 7.80. The molecule has 17 heavy (non-hydrogen) atoms. The molecule has 1 N–H and O–H groups in total. The van der Waals surface area contributed by atoms with E-state index in [1.165, 1.54) is 0 Å². The zero-order chi connectivity index (χ0) is 11.7. The van der Waals surface area contributed by atoms with Crippen molar-refractivity contribution in [2.45, 2.75) is 18.8 Å². The van der Waals surface area contributed by atoms with Crippen LogP contribution >= 0.6 is 0 Å². The van der Waals surface area contributed by atoms with E-state index in [2.05, 4.69) is 15.4 Å². The van der Waals surface area contributed by atoms with Crippen LogP contribution in [0, 0.1) is 0 Å². The molecule has 3 heterocycles. The molecule has 5 nitrogen and oxygen atoms in total. The molecule has 0 unspecified atom stereocenters. The Balaban J connectivity index is 1.97. The molecular weight excluding hydrogens is 216 g/mol. The lowest BCUT2D eigenvalue weighted by Crippen LogP contribution is -2.27. The first-order valence-corrected chi connectivity index (χ1v) is 5.89. The van der Waals surface area contributed by atoms with Gasteiger partial charge in [-0.25, -0.2) is 9.50 Å². The van der Waals surface area contributed by atoms with Crippen molar-refractivity contribution < 1.29 is 4.79 Å². The zero-order valence-electron chi connectivity index (χ0n) is 9.47. The van der Waals surface area contributed by atoms with Crippen LogP contribution in [0.5, 0.6) is 0 Å². The van der Waals surface area contributed by atoms with Crippen LogP contribution in [0.25, 0.3) is 5.65 Å². The van der Waals surface area contributed by atoms with E-state index in [0.717, 1.165) is 43.7 Å². The molecule has 0 aliphatic carbocycles. The van der Waals surface area contributed by atoms with Gasteiger partial charge in [-0.1, -0.05) is 0 Å². The Morgan fingerprint density at radius 1 is 1.41 bits per heavy atom. The molecule has 0 aromatic carbocycles. The van der Waals surface area contributed by atoms with Crippen LogP contribution in [0.3, 0.4) is 0 Å². The second kappa shape index (κ2) is 4.25. The summed E-state index contributed by atoms with van der Waals surface area (Å²) in [5.41, 5.74) is 1.39. The van der Waals surface area contributed by atoms with Gasteiger partial charge in [-0.05, 0) is 38.1 Å². The van der Waals surface area contributed by atoms with E-state index in [-0.39, 0.29) is 0 Å². The molecule has 0 amide bonds. The first-order chi connectivity index (χ1) is 8.36. The Kier molecular flexibility index (Phi) is 2.60. The van der Waals surface area contributed by atoms with Gasteiger partial charge in [0.1, 0.15) is 6.29 Å². The molecule has 0 atom stereocenters. The zero-order valence-corrected chi connectivity index (χ0v) is 9.47. The summed E-state index contributed by atoms with van der Waals surface area (Å²) in [6.45, 7) is 2.06. The average molecular weight is 230 g/mol. The van der Waals surface area contributed by atoms with Crippen LogP contribution in [0.4, 0.5) is 0 Å². The van der Waals surface area contributed by atoms with Gasteiger partial charge < -0.3 is 5.32 Å². The Labute approximate surface area is 98.9 Å². The number of nitrogens with one attached hydrogen (secondary N) is 1. The molecular formula is C12H14N4O. The highest BCUT2D eigenvalue weighted by Crippen LogP contribution is 2.22. The largest absolute Gasteiger partial charge is 0.317 e. The smallest absolute Gasteiger partial charge is 0.156 e. The van der Waals surface area contributed by atoms with Crippen molar-refractivity contribution in [2.24, 2.45) is 0 Å². The number of piperidine rings is 1. The summed E-state index contributed by atoms with van der Waals surface area (Å²) >= 11 is 0. The van der Waals surface area contributed by atoms with Crippen LogP contribution in [-0.4, -0.2) is 34.0 Å². The minimum absolute atomic E-state index is 0.441. The topological polar surface area (TPSA) is 59.3 Å². The Morgan fingerprint density at radius 3 is 3.00 bits per heavy atom. The number of carbonyl (C=O) groups excluding carboxylic acids is 1. The first kappa shape index (κ1) is 10.4. The molecule has 3 rings (SSSR count). The predicted octanol–water partition coefficient (Wildman–Crippen LogP) is 1.01. The molecule has 5 heteroatoms. The summed E-state index contributed by atoms with van der Waals surface area (Å²) in [5.74, 6) is 1.34. The van der Waals surface area contributed by atoms with E-state index in [4.69, 9.17) is 0 Å². The average Bonchev–Trinajstić information content (AvgIpc) is 2.82. The van der Waals surface area contributed by atoms with Crippen LogP contribution in [0.2, 0.25) is 0 Å². The molecule has 0 spiro atoms. The third-order valence-corrected chi connectivity index (χ3v) is 3.22. The molecule has 2 aromatic heterocycles. The van der Waals surface area contributed by atoms with Crippen molar-refractivity contribution in [3.63, 3.8) is 0 Å². The number of aromatic nitrogens is 3. The minimum atomic E-state index is 0.441. The number of carbonyl (C=O) groups is 1. The van der Waals surface area contributed by atoms with E-state index in [9.17, 15) is 4.79 Å². The van der Waals surface area contributed by atoms with Crippen LogP contribution in [0.1, 0.15) is 34.9 Å². The van der Waals surface area contributed by atoms with Crippen LogP contribution in [0.15, 0.2) is 18.3 Å². The predicted molar refractivity (Wildman–Crippen MR) is 63.2 cm³/mol. The molecule has 2 aromatic rings. The van der Waals surface area contributed by atoms with Gasteiger partial charge in [0.05, 0.1) is 0 Å². The summed E-state index contributed by atoms with van der Waals surface area (Å²) in [7, 11) is 0. The maximum Gasteiger partial charge on any atom is 0.156 e. The van der Waals surface area contributed by atoms with Gasteiger partial charge in [0.25, 0.3) is 0 Å². The Bertz CT molecular complexity index is 542. The van der Waals surface area contributed by atoms with Gasteiger partial charge >= 0.3 is 0 Å². The molecule has 1 saturated heterocycles. The maximum absolute atomic E-state index is 10.7. The fourth-order valence-electron chi connectivity index (χ4n) is 2.24. The van der Waals surface area contributed by atoms with E-state index in [0.29, 0.717) is 11.5 Å². The highest BCUT2D eigenvalue weighted by molar-refractivity contribution is 5.76. The van der Waals surface area contributed by atoms with Crippen molar-refractivity contribution in [3.05, 3.63) is 29.7 Å². The van der Waals surface area contributed by atoms with Crippen molar-refractivity contribution in [3.8, 4) is 0 Å². The minimum Gasteiger partial charge on any atom is -0.317 e. The monoisotopic (exact) mass is 230 g/mol. The molecule has 0 bridgehead atoms. The summed E-state index contributed by atoms with van der Waals surface area (Å²) < 4.78 is 1.74. The van der Waals surface area contributed by atoms with Gasteiger partial charge in [0.2, 0.25) is 0 Å². The second-order valence-electron chi connectivity index (χ2n) is 4.37. The summed E-state index contributed by atoms with van der Waals surface area (Å²) in [6, 6.07) is 3.52. The normalized spacial score (nSPS) is 17.4. The van der Waals surface area contributed by atoms with Gasteiger partial charge in [-0.2, -0.15) is 5.10 Å². The highest BCUT2D eigenvalue weighted by Gasteiger charge is 2.19. The van der Waals surface area contributed by atoms with Gasteiger partial charge in [0, 0.05) is 17.7 Å². The number of nitrogens with zero attached hydrogens (tertiary/aromatic N) is 3. The fourth-order valence-corrected chi connectivity index (χ4v) is 2.24. The van der Waals surface area contributed by atoms with E-state index >= 15 is 0 Å². The Morgan fingerprint density at radius 2 is 2.24 bits per heavy atom. The summed E-state index contributed by atoms with van der Waals surface area (Å²) in [4.78, 5) is 15.2. The van der Waals surface area contributed by atoms with Crippen LogP contribution in [-0.2, 0) is 0 Å². The lowest BCUT2D eigenvalue weighted by atomic mass is 9.98. The fraction of sp³-hybridized carbons (Fsp3) is 0.417. The molecule has 1 aliphatic heterocycles. The van der Waals surface area contributed by atoms with Crippen molar-refractivity contribution >= 4 is 11.9 Å². The van der Waals surface area contributed by atoms with Crippen molar-refractivity contribution in [1.29, 1.82) is 0 Å². The van der Waals surface area contributed by atoms with Gasteiger partial charge in [0.15, 0.2) is 11.5 Å². The number of hydrogen-bond donors (Lipinski definition) is 1. The quantitative estimate of drug-likeness (QED) is 0.782. The standard InChI is InChI=1S/C12H14N4O/c17-8-9-3-6-16-11(7-9)14-12(15-16)10-1-4-13-5-2-10/h3,6-8,10,13H,1-2,4-5H2. The molecule has 88 valence electrons. The van der Waals surface area contributed by atoms with Crippen LogP contribution < -0.4 is 5.32 Å². The number of pyridine rings is 1. The molecule has 0 saturated carbocycles. The third-order valence-electron chi connectivity index (χ3n) is 3.22. The third kappa shape index (κ3) is 1.93. The summed E-state index contributed by atoms with van der Waals surface area (Å²) in [6.07, 6.45) is 4.78. The highest BCUT2D eigenvalue weighted by atomic mass is 16.1. The van der Waals surface area contributed by atoms with E-state index < -0.39 is 0 Å². The van der Waals surface area contributed by atoms with Crippen molar-refractivity contribution in [2.75, 3.05) is 13.1 Å². The molecule has 1 fully saturated rings. The number of rotatable bonds is 2. The first-order valence-electron chi connectivity index (χ1n) is 5.89. The Hall–Kier alpha value is -1.75. The van der Waals surface area contributed by atoms with E-state index in [1.54, 1.807) is 22.8 Å². The van der Waals surface area contributed by atoms with Crippen molar-refractivity contribution in [1.82, 2.24) is 19.9 Å². The van der Waals surface area contributed by atoms with Gasteiger partial charge in [-0.3, -0.25) is 4.79 Å². The molecule has 0 radical (unpaired) electrons. The SMILES string of the molecule is O=Cc1ccn2nc(C3CCNCC3)nc2c1. The number of hydrogen-bond acceptors (Lipinski definition) is 4. The maximum atomic E-state index is 10.7. The lowest BCUT2D eigenvalue weighted by Gasteiger charge is -2.19. The number of aldehydes is 1. The van der Waals surface area contributed by atoms with E-state index in [1.807, 2.05) is 0 Å². The number of fused-ring (bicyclic) bond motifs is 1. The second-order valence-corrected chi connectivity index (χ2v) is 4.37. The molecule has 1 aliphatic rings.